The van der Waals surface area contributed by atoms with Crippen molar-refractivity contribution < 1.29 is 23.9 Å². The van der Waals surface area contributed by atoms with Gasteiger partial charge in [0.25, 0.3) is 0 Å². The van der Waals surface area contributed by atoms with Gasteiger partial charge in [0, 0.05) is 44.7 Å². The van der Waals surface area contributed by atoms with E-state index >= 15 is 0 Å². The minimum Gasteiger partial charge on any atom is -0.462 e. The normalized spacial score (nSPS) is 17.6. The summed E-state index contributed by atoms with van der Waals surface area (Å²) in [6, 6.07) is 0. The molecule has 0 N–H and O–H groups in total. The number of rotatable bonds is 6. The highest BCUT2D eigenvalue weighted by molar-refractivity contribution is 6.24. The van der Waals surface area contributed by atoms with Crippen LogP contribution in [0.4, 0.5) is 4.79 Å². The first-order valence-corrected chi connectivity index (χ1v) is 8.79. The summed E-state index contributed by atoms with van der Waals surface area (Å²) in [5, 5.41) is 0. The van der Waals surface area contributed by atoms with Crippen LogP contribution in [-0.2, 0) is 19.1 Å². The Morgan fingerprint density at radius 2 is 1.81 bits per heavy atom. The lowest BCUT2D eigenvalue weighted by Gasteiger charge is -2.21. The number of amides is 1. The Morgan fingerprint density at radius 3 is 2.35 bits per heavy atom. The number of ketones is 1. The molecule has 0 aromatic carbocycles. The van der Waals surface area contributed by atoms with E-state index in [-0.39, 0.29) is 18.7 Å². The van der Waals surface area contributed by atoms with Gasteiger partial charge in [-0.1, -0.05) is 0 Å². The summed E-state index contributed by atoms with van der Waals surface area (Å²) in [5.41, 5.74) is 1.22. The molecule has 2 heterocycles. The van der Waals surface area contributed by atoms with Crippen LogP contribution >= 0.6 is 0 Å². The molecule has 1 saturated heterocycles. The minimum atomic E-state index is -0.656. The van der Waals surface area contributed by atoms with Gasteiger partial charge in [-0.15, -0.1) is 0 Å². The first-order valence-electron chi connectivity index (χ1n) is 8.79. The monoisotopic (exact) mass is 365 g/mol. The molecule has 0 bridgehead atoms. The van der Waals surface area contributed by atoms with Gasteiger partial charge < -0.3 is 19.3 Å². The fourth-order valence-electron chi connectivity index (χ4n) is 3.19. The summed E-state index contributed by atoms with van der Waals surface area (Å²) in [4.78, 5) is 42.6. The lowest BCUT2D eigenvalue weighted by molar-refractivity contribution is -0.139. The molecule has 2 rings (SSSR count). The first-order chi connectivity index (χ1) is 12.4. The number of esters is 1. The molecular weight excluding hydrogens is 338 g/mol. The first kappa shape index (κ1) is 19.8. The van der Waals surface area contributed by atoms with E-state index in [9.17, 15) is 14.4 Å². The van der Waals surface area contributed by atoms with Crippen LogP contribution in [0.25, 0.3) is 0 Å². The summed E-state index contributed by atoms with van der Waals surface area (Å²) in [5.74, 6) is -1.05. The Hall–Kier alpha value is -2.51. The van der Waals surface area contributed by atoms with E-state index in [0.29, 0.717) is 12.1 Å². The standard InChI is InChI=1S/C18H27N3O5/c1-5-26-17(23)14(10-19(2)3)16(22)13-11-21(18(24)25-4)12-15(13)20-8-6-7-9-20/h10H,5-9,11-12H2,1-4H3/b14-10+. The maximum Gasteiger partial charge on any atom is 0.410 e. The Kier molecular flexibility index (Phi) is 6.65. The van der Waals surface area contributed by atoms with Crippen LogP contribution in [0.15, 0.2) is 23.0 Å². The molecular formula is C18H27N3O5. The molecule has 144 valence electrons. The maximum atomic E-state index is 13.2. The van der Waals surface area contributed by atoms with Crippen LogP contribution < -0.4 is 0 Å². The Labute approximate surface area is 154 Å². The van der Waals surface area contributed by atoms with Crippen LogP contribution in [0.3, 0.4) is 0 Å². The van der Waals surface area contributed by atoms with Crippen molar-refractivity contribution in [2.45, 2.75) is 19.8 Å². The zero-order chi connectivity index (χ0) is 19.3. The molecule has 0 atom stereocenters. The quantitative estimate of drug-likeness (QED) is 0.301. The number of nitrogens with zero attached hydrogens (tertiary/aromatic N) is 3. The van der Waals surface area contributed by atoms with E-state index < -0.39 is 17.8 Å². The Bertz CT molecular complexity index is 633. The lowest BCUT2D eigenvalue weighted by Crippen LogP contribution is -2.31. The third-order valence-electron chi connectivity index (χ3n) is 4.36. The summed E-state index contributed by atoms with van der Waals surface area (Å²) in [6.45, 7) is 4.00. The molecule has 8 nitrogen and oxygen atoms in total. The molecule has 1 amide bonds. The van der Waals surface area contributed by atoms with Crippen molar-refractivity contribution in [3.8, 4) is 0 Å². The molecule has 1 fully saturated rings. The zero-order valence-corrected chi connectivity index (χ0v) is 15.9. The third-order valence-corrected chi connectivity index (χ3v) is 4.36. The smallest absolute Gasteiger partial charge is 0.410 e. The largest absolute Gasteiger partial charge is 0.462 e. The van der Waals surface area contributed by atoms with Crippen molar-refractivity contribution in [2.75, 3.05) is 54.0 Å². The molecule has 8 heteroatoms. The van der Waals surface area contributed by atoms with Gasteiger partial charge >= 0.3 is 12.1 Å². The average Bonchev–Trinajstić information content (AvgIpc) is 3.27. The number of hydrogen-bond acceptors (Lipinski definition) is 7. The predicted octanol–water partition coefficient (Wildman–Crippen LogP) is 0.996. The predicted molar refractivity (Wildman–Crippen MR) is 95.2 cm³/mol. The molecule has 2 aliphatic heterocycles. The number of Topliss-reactive ketones (excluding diaryl/α,β-unsaturated/α-hetero) is 1. The van der Waals surface area contributed by atoms with Crippen LogP contribution in [0.2, 0.25) is 0 Å². The highest BCUT2D eigenvalue weighted by Crippen LogP contribution is 2.27. The van der Waals surface area contributed by atoms with E-state index in [0.717, 1.165) is 31.6 Å². The number of hydrogen-bond donors (Lipinski definition) is 0. The molecule has 0 radical (unpaired) electrons. The molecule has 0 aromatic heterocycles. The number of likely N-dealkylation sites (tertiary alicyclic amines) is 1. The molecule has 0 aromatic rings. The summed E-state index contributed by atoms with van der Waals surface area (Å²) in [6.07, 6.45) is 3.07. The lowest BCUT2D eigenvalue weighted by atomic mass is 10.0. The SMILES string of the molecule is CCOC(=O)/C(=C/N(C)C)C(=O)C1=C(N2CCCC2)CN(C(=O)OC)C1. The number of ether oxygens (including phenoxy) is 2. The molecule has 0 saturated carbocycles. The van der Waals surface area contributed by atoms with Gasteiger partial charge in [-0.3, -0.25) is 9.69 Å². The van der Waals surface area contributed by atoms with E-state index in [2.05, 4.69) is 4.90 Å². The Balaban J connectivity index is 2.37. The summed E-state index contributed by atoms with van der Waals surface area (Å²) < 4.78 is 9.85. The van der Waals surface area contributed by atoms with Crippen LogP contribution in [0.5, 0.6) is 0 Å². The molecule has 0 spiro atoms. The number of carbonyl (C=O) groups excluding carboxylic acids is 3. The van der Waals surface area contributed by atoms with Crippen molar-refractivity contribution in [1.82, 2.24) is 14.7 Å². The fraction of sp³-hybridized carbons (Fsp3) is 0.611. The topological polar surface area (TPSA) is 79.4 Å². The van der Waals surface area contributed by atoms with Crippen molar-refractivity contribution in [2.24, 2.45) is 0 Å². The third kappa shape index (κ3) is 4.36. The zero-order valence-electron chi connectivity index (χ0n) is 15.9. The van der Waals surface area contributed by atoms with Crippen molar-refractivity contribution in [3.63, 3.8) is 0 Å². The highest BCUT2D eigenvalue weighted by Gasteiger charge is 2.36. The molecule has 0 unspecified atom stereocenters. The van der Waals surface area contributed by atoms with Crippen LogP contribution in [0.1, 0.15) is 19.8 Å². The molecule has 26 heavy (non-hydrogen) atoms. The van der Waals surface area contributed by atoms with E-state index in [1.165, 1.54) is 18.2 Å². The molecule has 2 aliphatic rings. The second kappa shape index (κ2) is 8.73. The van der Waals surface area contributed by atoms with Crippen molar-refractivity contribution in [1.29, 1.82) is 0 Å². The van der Waals surface area contributed by atoms with Gasteiger partial charge in [0.1, 0.15) is 5.57 Å². The van der Waals surface area contributed by atoms with Gasteiger partial charge in [-0.25, -0.2) is 9.59 Å². The summed E-state index contributed by atoms with van der Waals surface area (Å²) >= 11 is 0. The fourth-order valence-corrected chi connectivity index (χ4v) is 3.19. The van der Waals surface area contributed by atoms with E-state index in [4.69, 9.17) is 9.47 Å². The van der Waals surface area contributed by atoms with Gasteiger partial charge in [0.15, 0.2) is 0 Å². The van der Waals surface area contributed by atoms with Gasteiger partial charge in [-0.2, -0.15) is 0 Å². The molecule has 0 aliphatic carbocycles. The second-order valence-electron chi connectivity index (χ2n) is 6.50. The van der Waals surface area contributed by atoms with E-state index in [1.54, 1.807) is 25.9 Å². The Morgan fingerprint density at radius 1 is 1.15 bits per heavy atom. The highest BCUT2D eigenvalue weighted by atomic mass is 16.5. The summed E-state index contributed by atoms with van der Waals surface area (Å²) in [7, 11) is 4.78. The maximum absolute atomic E-state index is 13.2. The van der Waals surface area contributed by atoms with E-state index in [1.807, 2.05) is 0 Å². The van der Waals surface area contributed by atoms with Gasteiger partial charge in [0.2, 0.25) is 5.78 Å². The number of methoxy groups -OCH3 is 1. The van der Waals surface area contributed by atoms with Crippen LogP contribution in [0, 0.1) is 0 Å². The minimum absolute atomic E-state index is 0.0322. The van der Waals surface area contributed by atoms with Crippen molar-refractivity contribution >= 4 is 17.8 Å². The van der Waals surface area contributed by atoms with Gasteiger partial charge in [0.05, 0.1) is 26.8 Å². The number of carbonyl (C=O) groups is 3. The second-order valence-corrected chi connectivity index (χ2v) is 6.50. The van der Waals surface area contributed by atoms with Crippen molar-refractivity contribution in [3.05, 3.63) is 23.0 Å². The van der Waals surface area contributed by atoms with Crippen LogP contribution in [-0.4, -0.2) is 86.5 Å². The average molecular weight is 365 g/mol. The van der Waals surface area contributed by atoms with Gasteiger partial charge in [-0.05, 0) is 19.8 Å².